The minimum Gasteiger partial charge on any atom is -0.393 e. The number of esters is 2. The fraction of sp³-hybridized carbons (Fsp3) is 0.583. The SMILES string of the molecule is O=CC1CCC2=CC[C@@H]3C(=O)OC(=O)[C@@H]3[C@@H]2O1. The standard InChI is InChI=1S/C12H12O5/c13-5-7-3-1-6-2-4-8-9(10(6)16-7)12(15)17-11(8)14/h2,5,7-10H,1,3-4H2/t7?,8-,9-,10+/m0/s1. The molecule has 0 aromatic rings. The summed E-state index contributed by atoms with van der Waals surface area (Å²) in [7, 11) is 0. The molecule has 4 atom stereocenters. The third-order valence-electron chi connectivity index (χ3n) is 3.73. The fourth-order valence-electron chi connectivity index (χ4n) is 2.84. The van der Waals surface area contributed by atoms with E-state index < -0.39 is 36.0 Å². The molecule has 2 saturated heterocycles. The van der Waals surface area contributed by atoms with Crippen LogP contribution in [0.2, 0.25) is 0 Å². The van der Waals surface area contributed by atoms with Gasteiger partial charge in [0.2, 0.25) is 0 Å². The molecule has 1 aliphatic carbocycles. The predicted molar refractivity (Wildman–Crippen MR) is 54.7 cm³/mol. The molecule has 0 spiro atoms. The lowest BCUT2D eigenvalue weighted by atomic mass is 9.76. The number of hydrogen-bond donors (Lipinski definition) is 0. The monoisotopic (exact) mass is 236 g/mol. The predicted octanol–water partition coefficient (Wildman–Crippen LogP) is 0.379. The summed E-state index contributed by atoms with van der Waals surface area (Å²) in [6.07, 6.45) is 3.71. The van der Waals surface area contributed by atoms with E-state index in [1.807, 2.05) is 6.08 Å². The maximum absolute atomic E-state index is 11.6. The van der Waals surface area contributed by atoms with Crippen molar-refractivity contribution >= 4 is 18.2 Å². The van der Waals surface area contributed by atoms with Crippen molar-refractivity contribution in [3.63, 3.8) is 0 Å². The van der Waals surface area contributed by atoms with E-state index in [2.05, 4.69) is 4.74 Å². The van der Waals surface area contributed by atoms with Gasteiger partial charge in [-0.2, -0.15) is 0 Å². The maximum Gasteiger partial charge on any atom is 0.320 e. The lowest BCUT2D eigenvalue weighted by Crippen LogP contribution is -2.42. The number of allylic oxidation sites excluding steroid dienone is 1. The van der Waals surface area contributed by atoms with Crippen molar-refractivity contribution in [2.75, 3.05) is 0 Å². The van der Waals surface area contributed by atoms with Gasteiger partial charge in [-0.25, -0.2) is 0 Å². The molecule has 2 heterocycles. The van der Waals surface area contributed by atoms with Gasteiger partial charge in [0.1, 0.15) is 18.3 Å². The summed E-state index contributed by atoms with van der Waals surface area (Å²) in [6, 6.07) is 0. The fourth-order valence-corrected chi connectivity index (χ4v) is 2.84. The molecule has 2 aliphatic heterocycles. The molecule has 0 saturated carbocycles. The normalized spacial score (nSPS) is 40.1. The van der Waals surface area contributed by atoms with Crippen LogP contribution in [-0.2, 0) is 23.9 Å². The summed E-state index contributed by atoms with van der Waals surface area (Å²) < 4.78 is 10.2. The van der Waals surface area contributed by atoms with Crippen LogP contribution in [0.25, 0.3) is 0 Å². The third-order valence-corrected chi connectivity index (χ3v) is 3.73. The zero-order chi connectivity index (χ0) is 12.0. The van der Waals surface area contributed by atoms with Crippen LogP contribution >= 0.6 is 0 Å². The van der Waals surface area contributed by atoms with Gasteiger partial charge in [-0.1, -0.05) is 6.08 Å². The van der Waals surface area contributed by atoms with Crippen LogP contribution in [0.4, 0.5) is 0 Å². The van der Waals surface area contributed by atoms with Crippen LogP contribution in [0.3, 0.4) is 0 Å². The van der Waals surface area contributed by atoms with Gasteiger partial charge < -0.3 is 14.3 Å². The molecule has 2 fully saturated rings. The van der Waals surface area contributed by atoms with Crippen molar-refractivity contribution < 1.29 is 23.9 Å². The Bertz CT molecular complexity index is 425. The number of rotatable bonds is 1. The largest absolute Gasteiger partial charge is 0.393 e. The Hall–Kier alpha value is -1.49. The summed E-state index contributed by atoms with van der Waals surface area (Å²) in [6.45, 7) is 0. The van der Waals surface area contributed by atoms with Crippen molar-refractivity contribution in [3.8, 4) is 0 Å². The van der Waals surface area contributed by atoms with Crippen molar-refractivity contribution in [3.05, 3.63) is 11.6 Å². The van der Waals surface area contributed by atoms with Gasteiger partial charge in [0.05, 0.1) is 12.0 Å². The zero-order valence-electron chi connectivity index (χ0n) is 9.13. The maximum atomic E-state index is 11.6. The Balaban J connectivity index is 1.92. The molecule has 3 rings (SSSR count). The molecule has 5 nitrogen and oxygen atoms in total. The van der Waals surface area contributed by atoms with Crippen LogP contribution < -0.4 is 0 Å². The van der Waals surface area contributed by atoms with Gasteiger partial charge in [0, 0.05) is 0 Å². The molecule has 1 unspecified atom stereocenters. The van der Waals surface area contributed by atoms with E-state index in [0.717, 1.165) is 18.3 Å². The van der Waals surface area contributed by atoms with Gasteiger partial charge in [-0.3, -0.25) is 9.59 Å². The highest BCUT2D eigenvalue weighted by Gasteiger charge is 2.52. The van der Waals surface area contributed by atoms with Crippen molar-refractivity contribution in [1.29, 1.82) is 0 Å². The van der Waals surface area contributed by atoms with Gasteiger partial charge in [-0.05, 0) is 24.8 Å². The van der Waals surface area contributed by atoms with E-state index in [9.17, 15) is 14.4 Å². The van der Waals surface area contributed by atoms with Gasteiger partial charge in [0.15, 0.2) is 0 Å². The highest BCUT2D eigenvalue weighted by atomic mass is 16.6. The smallest absolute Gasteiger partial charge is 0.320 e. The molecule has 0 radical (unpaired) electrons. The molecule has 0 amide bonds. The number of aldehydes is 1. The van der Waals surface area contributed by atoms with Gasteiger partial charge in [0.25, 0.3) is 0 Å². The van der Waals surface area contributed by atoms with Gasteiger partial charge in [-0.15, -0.1) is 0 Å². The topological polar surface area (TPSA) is 69.7 Å². The molecular formula is C12H12O5. The number of hydrogen-bond acceptors (Lipinski definition) is 5. The van der Waals surface area contributed by atoms with E-state index in [1.54, 1.807) is 0 Å². The molecular weight excluding hydrogens is 224 g/mol. The average Bonchev–Trinajstić information content (AvgIpc) is 2.64. The van der Waals surface area contributed by atoms with Crippen molar-refractivity contribution in [1.82, 2.24) is 0 Å². The van der Waals surface area contributed by atoms with Crippen LogP contribution in [0.1, 0.15) is 19.3 Å². The Morgan fingerprint density at radius 2 is 2.12 bits per heavy atom. The Morgan fingerprint density at radius 3 is 2.88 bits per heavy atom. The Morgan fingerprint density at radius 1 is 1.29 bits per heavy atom. The minimum absolute atomic E-state index is 0.429. The minimum atomic E-state index is -0.551. The summed E-state index contributed by atoms with van der Waals surface area (Å²) in [5.74, 6) is -1.96. The number of ether oxygens (including phenoxy) is 2. The number of fused-ring (bicyclic) bond motifs is 3. The molecule has 17 heavy (non-hydrogen) atoms. The summed E-state index contributed by atoms with van der Waals surface area (Å²) in [5, 5.41) is 0. The first kappa shape index (κ1) is 10.7. The molecule has 0 aromatic carbocycles. The lowest BCUT2D eigenvalue weighted by Gasteiger charge is -2.36. The quantitative estimate of drug-likeness (QED) is 0.285. The Labute approximate surface area is 97.8 Å². The van der Waals surface area contributed by atoms with E-state index >= 15 is 0 Å². The second-order valence-corrected chi connectivity index (χ2v) is 4.66. The van der Waals surface area contributed by atoms with Crippen molar-refractivity contribution in [2.45, 2.75) is 31.5 Å². The second-order valence-electron chi connectivity index (χ2n) is 4.66. The first-order valence-electron chi connectivity index (χ1n) is 5.76. The van der Waals surface area contributed by atoms with E-state index in [0.29, 0.717) is 12.8 Å². The summed E-state index contributed by atoms with van der Waals surface area (Å²) >= 11 is 0. The first-order chi connectivity index (χ1) is 8.20. The van der Waals surface area contributed by atoms with Crippen LogP contribution in [-0.4, -0.2) is 30.4 Å². The van der Waals surface area contributed by atoms with E-state index in [-0.39, 0.29) is 0 Å². The van der Waals surface area contributed by atoms with E-state index in [1.165, 1.54) is 0 Å². The lowest BCUT2D eigenvalue weighted by molar-refractivity contribution is -0.155. The highest BCUT2D eigenvalue weighted by Crippen LogP contribution is 2.42. The number of carbonyl (C=O) groups is 3. The third kappa shape index (κ3) is 1.53. The zero-order valence-corrected chi connectivity index (χ0v) is 9.13. The molecule has 90 valence electrons. The molecule has 0 aromatic heterocycles. The van der Waals surface area contributed by atoms with E-state index in [4.69, 9.17) is 4.74 Å². The number of carbonyl (C=O) groups excluding carboxylic acids is 3. The van der Waals surface area contributed by atoms with Gasteiger partial charge >= 0.3 is 11.9 Å². The average molecular weight is 236 g/mol. The number of cyclic esters (lactones) is 2. The Kier molecular flexibility index (Phi) is 2.36. The second kappa shape index (κ2) is 3.77. The molecule has 5 heteroatoms. The van der Waals surface area contributed by atoms with Crippen LogP contribution in [0, 0.1) is 11.8 Å². The highest BCUT2D eigenvalue weighted by molar-refractivity contribution is 5.97. The molecule has 0 bridgehead atoms. The molecule has 0 N–H and O–H groups in total. The summed E-state index contributed by atoms with van der Waals surface area (Å²) in [5.41, 5.74) is 1.02. The van der Waals surface area contributed by atoms with Crippen molar-refractivity contribution in [2.24, 2.45) is 11.8 Å². The first-order valence-corrected chi connectivity index (χ1v) is 5.76. The van der Waals surface area contributed by atoms with Crippen LogP contribution in [0.5, 0.6) is 0 Å². The molecule has 3 aliphatic rings. The summed E-state index contributed by atoms with van der Waals surface area (Å²) in [4.78, 5) is 33.8. The van der Waals surface area contributed by atoms with Crippen LogP contribution in [0.15, 0.2) is 11.6 Å².